The van der Waals surface area contributed by atoms with Crippen molar-refractivity contribution in [3.05, 3.63) is 0 Å². The molecule has 1 unspecified atom stereocenters. The van der Waals surface area contributed by atoms with Gasteiger partial charge in [-0.05, 0) is 13.3 Å². The normalized spacial score (nSPS) is 15.3. The minimum Gasteiger partial charge on any atom is -0.385 e. The van der Waals surface area contributed by atoms with Gasteiger partial charge in [0.2, 0.25) is 0 Å². The molecule has 0 fully saturated rings. The second-order valence-electron chi connectivity index (χ2n) is 2.18. The first kappa shape index (κ1) is 9.84. The average Bonchev–Trinajstić information content (AvgIpc) is 1.84. The Bertz CT molecular complexity index is 89.7. The first-order chi connectivity index (χ1) is 4.50. The Balaban J connectivity index is 3.63. The van der Waals surface area contributed by atoms with E-state index in [0.717, 1.165) is 0 Å². The van der Waals surface area contributed by atoms with Gasteiger partial charge in [-0.3, -0.25) is 0 Å². The molecular formula is C6H14O4. The van der Waals surface area contributed by atoms with E-state index >= 15 is 0 Å². The molecule has 4 nitrogen and oxygen atoms in total. The van der Waals surface area contributed by atoms with Gasteiger partial charge in [-0.2, -0.15) is 0 Å². The predicted molar refractivity (Wildman–Crippen MR) is 35.1 cm³/mol. The Labute approximate surface area is 60.1 Å². The summed E-state index contributed by atoms with van der Waals surface area (Å²) in [7, 11) is 0. The van der Waals surface area contributed by atoms with Gasteiger partial charge in [0.1, 0.15) is 6.10 Å². The van der Waals surface area contributed by atoms with Crippen LogP contribution in [0.15, 0.2) is 0 Å². The number of aliphatic hydroxyl groups is 3. The molecule has 0 aromatic heterocycles. The van der Waals surface area contributed by atoms with E-state index in [9.17, 15) is 0 Å². The van der Waals surface area contributed by atoms with Gasteiger partial charge in [0.25, 0.3) is 0 Å². The highest BCUT2D eigenvalue weighted by Crippen LogP contribution is 2.07. The third kappa shape index (κ3) is 3.12. The van der Waals surface area contributed by atoms with E-state index < -0.39 is 12.1 Å². The van der Waals surface area contributed by atoms with Crippen LogP contribution in [0.25, 0.3) is 0 Å². The van der Waals surface area contributed by atoms with Crippen molar-refractivity contribution in [2.24, 2.45) is 0 Å². The number of aliphatic hydroxyl groups excluding tert-OH is 1. The van der Waals surface area contributed by atoms with Crippen LogP contribution in [0.2, 0.25) is 0 Å². The van der Waals surface area contributed by atoms with Crippen molar-refractivity contribution in [2.75, 3.05) is 6.61 Å². The van der Waals surface area contributed by atoms with Crippen molar-refractivity contribution in [1.29, 1.82) is 0 Å². The lowest BCUT2D eigenvalue weighted by molar-refractivity contribution is -0.373. The van der Waals surface area contributed by atoms with E-state index in [2.05, 4.69) is 4.74 Å². The van der Waals surface area contributed by atoms with Crippen LogP contribution in [0.3, 0.4) is 0 Å². The highest BCUT2D eigenvalue weighted by molar-refractivity contribution is 4.57. The van der Waals surface area contributed by atoms with Crippen LogP contribution in [0.5, 0.6) is 0 Å². The van der Waals surface area contributed by atoms with E-state index in [1.807, 2.05) is 6.92 Å². The minimum absolute atomic E-state index is 0.220. The molecule has 0 aliphatic rings. The van der Waals surface area contributed by atoms with Gasteiger partial charge in [0, 0.05) is 0 Å². The lowest BCUT2D eigenvalue weighted by atomic mass is 10.3. The van der Waals surface area contributed by atoms with Gasteiger partial charge in [-0.15, -0.1) is 0 Å². The zero-order chi connectivity index (χ0) is 8.20. The van der Waals surface area contributed by atoms with Crippen molar-refractivity contribution in [3.8, 4) is 0 Å². The van der Waals surface area contributed by atoms with Gasteiger partial charge in [0.15, 0.2) is 0 Å². The van der Waals surface area contributed by atoms with Crippen LogP contribution in [0.4, 0.5) is 0 Å². The average molecular weight is 150 g/mol. The third-order valence-electron chi connectivity index (χ3n) is 1.06. The van der Waals surface area contributed by atoms with Crippen LogP contribution in [0.1, 0.15) is 20.3 Å². The summed E-state index contributed by atoms with van der Waals surface area (Å²) in [6, 6.07) is 0. The van der Waals surface area contributed by atoms with Crippen LogP contribution >= 0.6 is 0 Å². The maximum absolute atomic E-state index is 8.81. The Morgan fingerprint density at radius 2 is 2.00 bits per heavy atom. The zero-order valence-corrected chi connectivity index (χ0v) is 6.24. The minimum atomic E-state index is -2.39. The molecule has 4 heteroatoms. The van der Waals surface area contributed by atoms with Crippen molar-refractivity contribution in [2.45, 2.75) is 32.3 Å². The van der Waals surface area contributed by atoms with Gasteiger partial charge in [0.05, 0.1) is 6.61 Å². The Morgan fingerprint density at radius 3 is 2.30 bits per heavy atom. The summed E-state index contributed by atoms with van der Waals surface area (Å²) in [5, 5.41) is 26.3. The van der Waals surface area contributed by atoms with Crippen molar-refractivity contribution >= 4 is 0 Å². The molecule has 0 amide bonds. The molecule has 62 valence electrons. The highest BCUT2D eigenvalue weighted by Gasteiger charge is 2.30. The second kappa shape index (κ2) is 3.88. The summed E-state index contributed by atoms with van der Waals surface area (Å²) < 4.78 is 4.50. The van der Waals surface area contributed by atoms with E-state index in [0.29, 0.717) is 6.42 Å². The van der Waals surface area contributed by atoms with E-state index in [1.54, 1.807) is 0 Å². The SMILES string of the molecule is CCCOC(O)(O)C(C)O. The Morgan fingerprint density at radius 1 is 1.50 bits per heavy atom. The van der Waals surface area contributed by atoms with Crippen molar-refractivity contribution in [1.82, 2.24) is 0 Å². The summed E-state index contributed by atoms with van der Waals surface area (Å²) in [6.07, 6.45) is -0.616. The first-order valence-electron chi connectivity index (χ1n) is 3.27. The lowest BCUT2D eigenvalue weighted by Gasteiger charge is -2.23. The molecular weight excluding hydrogens is 136 g/mol. The molecule has 0 radical (unpaired) electrons. The number of rotatable bonds is 4. The fraction of sp³-hybridized carbons (Fsp3) is 1.00. The first-order valence-corrected chi connectivity index (χ1v) is 3.27. The number of hydrogen-bond acceptors (Lipinski definition) is 4. The molecule has 0 saturated carbocycles. The van der Waals surface area contributed by atoms with Gasteiger partial charge >= 0.3 is 5.97 Å². The van der Waals surface area contributed by atoms with E-state index in [4.69, 9.17) is 15.3 Å². The molecule has 0 saturated heterocycles. The quantitative estimate of drug-likeness (QED) is 0.469. The fourth-order valence-electron chi connectivity index (χ4n) is 0.373. The number of hydrogen-bond donors (Lipinski definition) is 3. The molecule has 0 bridgehead atoms. The molecule has 0 aliphatic carbocycles. The molecule has 1 atom stereocenters. The molecule has 10 heavy (non-hydrogen) atoms. The molecule has 3 N–H and O–H groups in total. The summed E-state index contributed by atoms with van der Waals surface area (Å²) in [5.74, 6) is -2.39. The molecule has 0 aromatic rings. The van der Waals surface area contributed by atoms with Gasteiger partial charge < -0.3 is 20.1 Å². The maximum atomic E-state index is 8.81. The highest BCUT2D eigenvalue weighted by atomic mass is 16.8. The molecule has 0 aliphatic heterocycles. The van der Waals surface area contributed by atoms with Gasteiger partial charge in [-0.25, -0.2) is 0 Å². The molecule has 0 rings (SSSR count). The molecule has 0 heterocycles. The van der Waals surface area contributed by atoms with Crippen molar-refractivity contribution < 1.29 is 20.1 Å². The summed E-state index contributed by atoms with van der Waals surface area (Å²) >= 11 is 0. The summed E-state index contributed by atoms with van der Waals surface area (Å²) in [4.78, 5) is 0. The Kier molecular flexibility index (Phi) is 3.81. The summed E-state index contributed by atoms with van der Waals surface area (Å²) in [5.41, 5.74) is 0. The van der Waals surface area contributed by atoms with Crippen LogP contribution in [-0.4, -0.2) is 34.0 Å². The van der Waals surface area contributed by atoms with Crippen LogP contribution in [-0.2, 0) is 4.74 Å². The van der Waals surface area contributed by atoms with E-state index in [-0.39, 0.29) is 6.61 Å². The Hall–Kier alpha value is -0.160. The molecule has 0 aromatic carbocycles. The second-order valence-corrected chi connectivity index (χ2v) is 2.18. The van der Waals surface area contributed by atoms with Crippen molar-refractivity contribution in [3.63, 3.8) is 0 Å². The zero-order valence-electron chi connectivity index (χ0n) is 6.24. The lowest BCUT2D eigenvalue weighted by Crippen LogP contribution is -2.43. The predicted octanol–water partition coefficient (Wildman–Crippen LogP) is -0.568. The smallest absolute Gasteiger partial charge is 0.305 e. The standard InChI is InChI=1S/C6H14O4/c1-3-4-10-6(8,9)5(2)7/h5,7-9H,3-4H2,1-2H3. The topological polar surface area (TPSA) is 69.9 Å². The largest absolute Gasteiger partial charge is 0.385 e. The van der Waals surface area contributed by atoms with Crippen LogP contribution < -0.4 is 0 Å². The van der Waals surface area contributed by atoms with Gasteiger partial charge in [-0.1, -0.05) is 6.92 Å². The fourth-order valence-corrected chi connectivity index (χ4v) is 0.373. The van der Waals surface area contributed by atoms with E-state index in [1.165, 1.54) is 6.92 Å². The molecule has 0 spiro atoms. The van der Waals surface area contributed by atoms with Crippen LogP contribution in [0, 0.1) is 0 Å². The maximum Gasteiger partial charge on any atom is 0.305 e. The number of ether oxygens (including phenoxy) is 1. The third-order valence-corrected chi connectivity index (χ3v) is 1.06. The summed E-state index contributed by atoms with van der Waals surface area (Å²) in [6.45, 7) is 3.30. The monoisotopic (exact) mass is 150 g/mol.